The van der Waals surface area contributed by atoms with Crippen LogP contribution in [0, 0.1) is 10.1 Å². The zero-order chi connectivity index (χ0) is 25.3. The van der Waals surface area contributed by atoms with Crippen molar-refractivity contribution >= 4 is 29.1 Å². The van der Waals surface area contributed by atoms with Crippen molar-refractivity contribution in [3.8, 4) is 0 Å². The molecule has 4 rings (SSSR count). The third kappa shape index (κ3) is 4.72. The maximum atomic E-state index is 13.6. The largest absolute Gasteiger partial charge is 0.463 e. The van der Waals surface area contributed by atoms with Crippen LogP contribution in [0.1, 0.15) is 56.3 Å². The summed E-state index contributed by atoms with van der Waals surface area (Å²) in [5, 5.41) is 11.4. The second-order valence-electron chi connectivity index (χ2n) is 8.48. The van der Waals surface area contributed by atoms with E-state index in [9.17, 15) is 19.7 Å². The van der Waals surface area contributed by atoms with Crippen LogP contribution in [0.3, 0.4) is 0 Å². The second kappa shape index (κ2) is 9.79. The molecule has 0 saturated heterocycles. The molecule has 9 heteroatoms. The van der Waals surface area contributed by atoms with Gasteiger partial charge < -0.3 is 4.74 Å². The lowest BCUT2D eigenvalue weighted by Gasteiger charge is -2.24. The number of carbonyl (C=O) groups is 1. The first-order valence-electron chi connectivity index (χ1n) is 11.2. The Morgan fingerprint density at radius 3 is 2.60 bits per heavy atom. The van der Waals surface area contributed by atoms with E-state index in [0.717, 1.165) is 5.56 Å². The Labute approximate surface area is 205 Å². The van der Waals surface area contributed by atoms with E-state index in [1.807, 2.05) is 24.3 Å². The number of carbonyl (C=O) groups excluding carboxylic acids is 1. The van der Waals surface area contributed by atoms with Crippen LogP contribution >= 0.6 is 11.3 Å². The maximum Gasteiger partial charge on any atom is 0.338 e. The molecular weight excluding hydrogens is 466 g/mol. The van der Waals surface area contributed by atoms with Gasteiger partial charge in [-0.3, -0.25) is 19.5 Å². The van der Waals surface area contributed by atoms with E-state index in [-0.39, 0.29) is 23.4 Å². The van der Waals surface area contributed by atoms with Crippen molar-refractivity contribution in [1.82, 2.24) is 4.57 Å². The van der Waals surface area contributed by atoms with Crippen molar-refractivity contribution in [2.24, 2.45) is 4.99 Å². The Morgan fingerprint density at radius 1 is 1.26 bits per heavy atom. The first-order valence-corrected chi connectivity index (χ1v) is 12.1. The summed E-state index contributed by atoms with van der Waals surface area (Å²) >= 11 is 1.22. The highest BCUT2D eigenvalue weighted by Crippen LogP contribution is 2.32. The van der Waals surface area contributed by atoms with Gasteiger partial charge in [0, 0.05) is 12.1 Å². The van der Waals surface area contributed by atoms with Gasteiger partial charge in [0.1, 0.15) is 0 Å². The molecule has 0 radical (unpaired) electrons. The van der Waals surface area contributed by atoms with Gasteiger partial charge in [0.15, 0.2) is 4.80 Å². The number of hydrogen-bond acceptors (Lipinski definition) is 7. The lowest BCUT2D eigenvalue weighted by Crippen LogP contribution is -2.40. The maximum absolute atomic E-state index is 13.6. The van der Waals surface area contributed by atoms with Crippen LogP contribution in [-0.4, -0.2) is 22.1 Å². The number of aromatic nitrogens is 1. The lowest BCUT2D eigenvalue weighted by molar-refractivity contribution is -0.384. The van der Waals surface area contributed by atoms with Crippen LogP contribution in [0.15, 0.2) is 69.6 Å². The highest BCUT2D eigenvalue weighted by atomic mass is 32.1. The number of ether oxygens (including phenoxy) is 1. The van der Waals surface area contributed by atoms with Crippen LogP contribution in [0.5, 0.6) is 0 Å². The van der Waals surface area contributed by atoms with Crippen molar-refractivity contribution in [3.63, 3.8) is 0 Å². The molecule has 1 aromatic heterocycles. The number of hydrogen-bond donors (Lipinski definition) is 0. The van der Waals surface area contributed by atoms with E-state index in [1.165, 1.54) is 39.7 Å². The molecule has 0 amide bonds. The number of fused-ring (bicyclic) bond motifs is 1. The van der Waals surface area contributed by atoms with E-state index in [2.05, 4.69) is 18.8 Å². The van der Waals surface area contributed by atoms with Gasteiger partial charge in [0.2, 0.25) is 0 Å². The molecule has 0 bridgehead atoms. The molecule has 1 aliphatic rings. The third-order valence-corrected chi connectivity index (χ3v) is 6.80. The Balaban J connectivity index is 1.92. The van der Waals surface area contributed by atoms with Crippen molar-refractivity contribution < 1.29 is 14.5 Å². The van der Waals surface area contributed by atoms with E-state index in [0.29, 0.717) is 26.5 Å². The molecule has 1 atom stereocenters. The van der Waals surface area contributed by atoms with E-state index >= 15 is 0 Å². The van der Waals surface area contributed by atoms with Gasteiger partial charge in [-0.2, -0.15) is 0 Å². The fourth-order valence-corrected chi connectivity index (χ4v) is 5.09. The topological polar surface area (TPSA) is 104 Å². The molecule has 35 heavy (non-hydrogen) atoms. The van der Waals surface area contributed by atoms with Crippen LogP contribution in [0.4, 0.5) is 5.69 Å². The summed E-state index contributed by atoms with van der Waals surface area (Å²) in [6.07, 6.45) is 1.79. The summed E-state index contributed by atoms with van der Waals surface area (Å²) in [4.78, 5) is 42.4. The Morgan fingerprint density at radius 2 is 1.97 bits per heavy atom. The molecule has 2 heterocycles. The minimum Gasteiger partial charge on any atom is -0.463 e. The summed E-state index contributed by atoms with van der Waals surface area (Å²) in [7, 11) is 0. The van der Waals surface area contributed by atoms with Gasteiger partial charge in [-0.05, 0) is 42.5 Å². The van der Waals surface area contributed by atoms with Crippen LogP contribution in [0.2, 0.25) is 0 Å². The number of benzene rings is 2. The van der Waals surface area contributed by atoms with Crippen molar-refractivity contribution in [3.05, 3.63) is 106 Å². The van der Waals surface area contributed by atoms with Gasteiger partial charge in [-0.1, -0.05) is 61.6 Å². The molecule has 2 aromatic carbocycles. The molecule has 1 aliphatic heterocycles. The number of non-ortho nitro benzene ring substituents is 1. The first-order chi connectivity index (χ1) is 16.7. The van der Waals surface area contributed by atoms with E-state index < -0.39 is 16.9 Å². The standard InChI is InChI=1S/C26H25N3O5S/c1-5-34-25(31)22-16(4)27-26-28(23(22)19-7-6-8-20(14-19)29(32)33)24(30)21(35-26)13-17-9-11-18(12-10-17)15(2)3/h6-15,23H,5H2,1-4H3. The minimum atomic E-state index is -0.893. The number of nitro benzene ring substituents is 1. The van der Waals surface area contributed by atoms with Crippen molar-refractivity contribution in [2.45, 2.75) is 39.7 Å². The number of nitrogens with zero attached hydrogens (tertiary/aromatic N) is 3. The number of rotatable bonds is 6. The monoisotopic (exact) mass is 491 g/mol. The smallest absolute Gasteiger partial charge is 0.338 e. The molecule has 8 nitrogen and oxygen atoms in total. The molecule has 3 aromatic rings. The van der Waals surface area contributed by atoms with Gasteiger partial charge >= 0.3 is 5.97 Å². The third-order valence-electron chi connectivity index (χ3n) is 5.81. The molecular formula is C26H25N3O5S. The summed E-state index contributed by atoms with van der Waals surface area (Å²) < 4.78 is 7.14. The van der Waals surface area contributed by atoms with Gasteiger partial charge in [-0.15, -0.1) is 0 Å². The van der Waals surface area contributed by atoms with Crippen LogP contribution in [-0.2, 0) is 9.53 Å². The highest BCUT2D eigenvalue weighted by molar-refractivity contribution is 7.07. The molecule has 0 spiro atoms. The number of allylic oxidation sites excluding steroid dienone is 1. The molecule has 0 N–H and O–H groups in total. The normalized spacial score (nSPS) is 15.7. The lowest BCUT2D eigenvalue weighted by atomic mass is 9.95. The quantitative estimate of drug-likeness (QED) is 0.296. The molecule has 180 valence electrons. The van der Waals surface area contributed by atoms with Crippen LogP contribution in [0.25, 0.3) is 6.08 Å². The predicted molar refractivity (Wildman–Crippen MR) is 134 cm³/mol. The SMILES string of the molecule is CCOC(=O)C1=C(C)N=c2sc(=Cc3ccc(C(C)C)cc3)c(=O)n2C1c1cccc([N+](=O)[O-])c1. The second-order valence-corrected chi connectivity index (χ2v) is 9.48. The molecule has 0 saturated carbocycles. The molecule has 0 aliphatic carbocycles. The summed E-state index contributed by atoms with van der Waals surface area (Å²) in [6, 6.07) is 13.0. The summed E-state index contributed by atoms with van der Waals surface area (Å²) in [5.41, 5.74) is 2.64. The van der Waals surface area contributed by atoms with Gasteiger partial charge in [-0.25, -0.2) is 9.79 Å². The average molecular weight is 492 g/mol. The van der Waals surface area contributed by atoms with Crippen molar-refractivity contribution in [1.29, 1.82) is 0 Å². The van der Waals surface area contributed by atoms with E-state index in [1.54, 1.807) is 26.0 Å². The van der Waals surface area contributed by atoms with Crippen molar-refractivity contribution in [2.75, 3.05) is 6.61 Å². The summed E-state index contributed by atoms with van der Waals surface area (Å²) in [5.74, 6) is -0.211. The number of nitro groups is 1. The predicted octanol–water partition coefficient (Wildman–Crippen LogP) is 3.83. The first kappa shape index (κ1) is 24.3. The molecule has 0 fully saturated rings. The van der Waals surface area contributed by atoms with E-state index in [4.69, 9.17) is 4.74 Å². The fourth-order valence-electron chi connectivity index (χ4n) is 4.04. The number of thiazole rings is 1. The van der Waals surface area contributed by atoms with Crippen LogP contribution < -0.4 is 14.9 Å². The molecule has 1 unspecified atom stereocenters. The minimum absolute atomic E-state index is 0.132. The van der Waals surface area contributed by atoms with Gasteiger partial charge in [0.25, 0.3) is 11.2 Å². The zero-order valence-electron chi connectivity index (χ0n) is 19.8. The summed E-state index contributed by atoms with van der Waals surface area (Å²) in [6.45, 7) is 7.75. The zero-order valence-corrected chi connectivity index (χ0v) is 20.7. The fraction of sp³-hybridized carbons (Fsp3) is 0.269. The average Bonchev–Trinajstić information content (AvgIpc) is 3.13. The Kier molecular flexibility index (Phi) is 6.79. The highest BCUT2D eigenvalue weighted by Gasteiger charge is 2.34. The number of esters is 1. The van der Waals surface area contributed by atoms with Gasteiger partial charge in [0.05, 0.1) is 33.4 Å². The Bertz CT molecular complexity index is 1510. The Hall–Kier alpha value is -3.85.